The highest BCUT2D eigenvalue weighted by Gasteiger charge is 2.38. The number of methoxy groups -OCH3 is 2. The van der Waals surface area contributed by atoms with Crippen LogP contribution in [0.4, 0.5) is 0 Å². The zero-order chi connectivity index (χ0) is 23.1. The van der Waals surface area contributed by atoms with Crippen molar-refractivity contribution in [2.45, 2.75) is 42.1 Å². The first-order valence-electron chi connectivity index (χ1n) is 10.8. The van der Waals surface area contributed by atoms with Gasteiger partial charge in [0.05, 0.1) is 30.4 Å². The van der Waals surface area contributed by atoms with E-state index in [-0.39, 0.29) is 16.9 Å². The number of halogens is 1. The zero-order valence-electron chi connectivity index (χ0n) is 18.3. The third-order valence-electron chi connectivity index (χ3n) is 6.09. The van der Waals surface area contributed by atoms with Crippen LogP contribution in [0.2, 0.25) is 5.02 Å². The monoisotopic (exact) mass is 485 g/mol. The lowest BCUT2D eigenvalue weighted by atomic mass is 10.0. The molecule has 2 aromatic carbocycles. The van der Waals surface area contributed by atoms with E-state index >= 15 is 0 Å². The molecule has 1 N–H and O–H groups in total. The highest BCUT2D eigenvalue weighted by molar-refractivity contribution is 8.00. The van der Waals surface area contributed by atoms with E-state index in [1.54, 1.807) is 26.0 Å². The van der Waals surface area contributed by atoms with Crippen molar-refractivity contribution in [2.24, 2.45) is 0 Å². The van der Waals surface area contributed by atoms with Gasteiger partial charge in [0.25, 0.3) is 0 Å². The first-order chi connectivity index (χ1) is 16.0. The Kier molecular flexibility index (Phi) is 5.97. The SMILES string of the molecule is COc1cccc([C@H]2S[C@H](CCC(=O)O)c3nnc(C4CC4)n3-c3ccc(Cl)cc32)c1OC. The van der Waals surface area contributed by atoms with Gasteiger partial charge in [-0.1, -0.05) is 23.7 Å². The van der Waals surface area contributed by atoms with Crippen LogP contribution in [0, 0.1) is 0 Å². The van der Waals surface area contributed by atoms with Gasteiger partial charge in [0.2, 0.25) is 0 Å². The molecule has 0 bridgehead atoms. The summed E-state index contributed by atoms with van der Waals surface area (Å²) in [6.45, 7) is 0. The van der Waals surface area contributed by atoms with Crippen LogP contribution in [0.5, 0.6) is 11.5 Å². The number of rotatable bonds is 7. The Morgan fingerprint density at radius 3 is 2.64 bits per heavy atom. The lowest BCUT2D eigenvalue weighted by Gasteiger charge is -2.23. The lowest BCUT2D eigenvalue weighted by Crippen LogP contribution is -2.08. The summed E-state index contributed by atoms with van der Waals surface area (Å²) in [4.78, 5) is 11.5. The first-order valence-corrected chi connectivity index (χ1v) is 12.2. The minimum Gasteiger partial charge on any atom is -0.493 e. The Hall–Kier alpha value is -2.71. The number of carboxylic acid groups (broad SMARTS) is 1. The van der Waals surface area contributed by atoms with Crippen molar-refractivity contribution in [3.05, 3.63) is 64.2 Å². The molecule has 3 aromatic rings. The molecule has 1 saturated carbocycles. The maximum atomic E-state index is 11.5. The van der Waals surface area contributed by atoms with Gasteiger partial charge in [-0.05, 0) is 49.1 Å². The quantitative estimate of drug-likeness (QED) is 0.469. The van der Waals surface area contributed by atoms with E-state index in [1.165, 1.54) is 0 Å². The smallest absolute Gasteiger partial charge is 0.303 e. The van der Waals surface area contributed by atoms with Gasteiger partial charge in [0, 0.05) is 22.9 Å². The molecule has 0 saturated heterocycles. The molecular weight excluding hydrogens is 462 g/mol. The molecule has 0 radical (unpaired) electrons. The molecule has 0 unspecified atom stereocenters. The summed E-state index contributed by atoms with van der Waals surface area (Å²) < 4.78 is 13.5. The summed E-state index contributed by atoms with van der Waals surface area (Å²) in [5, 5.41) is 18.8. The van der Waals surface area contributed by atoms with Gasteiger partial charge in [-0.3, -0.25) is 9.36 Å². The van der Waals surface area contributed by atoms with Crippen LogP contribution in [-0.2, 0) is 4.79 Å². The second kappa shape index (κ2) is 8.91. The number of fused-ring (bicyclic) bond motifs is 3. The molecule has 7 nitrogen and oxygen atoms in total. The van der Waals surface area contributed by atoms with Crippen molar-refractivity contribution in [3.63, 3.8) is 0 Å². The fraction of sp³-hybridized carbons (Fsp3) is 0.375. The second-order valence-corrected chi connectivity index (χ2v) is 10.00. The standard InChI is InChI=1S/C24H24ClN3O4S/c1-31-18-5-3-4-15(21(18)32-2)22-16-12-14(25)8-9-17(16)28-23(13-6-7-13)26-27-24(28)19(33-22)10-11-20(29)30/h3-5,8-9,12-13,19,22H,6-7,10-11H2,1-2H3,(H,29,30)/t19-,22-/m1/s1. The van der Waals surface area contributed by atoms with Crippen LogP contribution in [-0.4, -0.2) is 40.1 Å². The number of thioether (sulfide) groups is 1. The molecule has 0 spiro atoms. The molecule has 5 rings (SSSR count). The Bertz CT molecular complexity index is 1210. The van der Waals surface area contributed by atoms with Gasteiger partial charge >= 0.3 is 5.97 Å². The van der Waals surface area contributed by atoms with Crippen LogP contribution in [0.25, 0.3) is 5.69 Å². The number of hydrogen-bond acceptors (Lipinski definition) is 6. The summed E-state index contributed by atoms with van der Waals surface area (Å²) in [5.74, 6) is 2.57. The van der Waals surface area contributed by atoms with Crippen LogP contribution < -0.4 is 9.47 Å². The Labute approximate surface area is 201 Å². The normalized spacial score (nSPS) is 19.4. The Morgan fingerprint density at radius 1 is 1.15 bits per heavy atom. The zero-order valence-corrected chi connectivity index (χ0v) is 19.9. The number of benzene rings is 2. The number of aliphatic carboxylic acids is 1. The molecule has 1 aromatic heterocycles. The number of aromatic nitrogens is 3. The molecular formula is C24H24ClN3O4S. The van der Waals surface area contributed by atoms with Gasteiger partial charge in [-0.2, -0.15) is 0 Å². The number of nitrogens with zero attached hydrogens (tertiary/aromatic N) is 3. The molecule has 2 heterocycles. The Morgan fingerprint density at radius 2 is 1.94 bits per heavy atom. The van der Waals surface area contributed by atoms with Crippen LogP contribution in [0.15, 0.2) is 36.4 Å². The predicted octanol–water partition coefficient (Wildman–Crippen LogP) is 5.56. The molecule has 1 aliphatic heterocycles. The van der Waals surface area contributed by atoms with Gasteiger partial charge in [0.15, 0.2) is 17.3 Å². The predicted molar refractivity (Wildman–Crippen MR) is 127 cm³/mol. The number of ether oxygens (including phenoxy) is 2. The molecule has 172 valence electrons. The van der Waals surface area contributed by atoms with Crippen molar-refractivity contribution >= 4 is 29.3 Å². The van der Waals surface area contributed by atoms with Crippen molar-refractivity contribution in [1.82, 2.24) is 14.8 Å². The number of hydrogen-bond donors (Lipinski definition) is 1. The third-order valence-corrected chi connectivity index (χ3v) is 7.88. The summed E-state index contributed by atoms with van der Waals surface area (Å²) in [6.07, 6.45) is 2.65. The molecule has 1 fully saturated rings. The second-order valence-electron chi connectivity index (χ2n) is 8.25. The van der Waals surface area contributed by atoms with Crippen molar-refractivity contribution in [2.75, 3.05) is 14.2 Å². The maximum Gasteiger partial charge on any atom is 0.303 e. The minimum atomic E-state index is -0.829. The summed E-state index contributed by atoms with van der Waals surface area (Å²) in [5.41, 5.74) is 2.93. The molecule has 2 aliphatic rings. The van der Waals surface area contributed by atoms with Gasteiger partial charge < -0.3 is 14.6 Å². The van der Waals surface area contributed by atoms with E-state index in [0.717, 1.165) is 41.3 Å². The largest absolute Gasteiger partial charge is 0.493 e. The summed E-state index contributed by atoms with van der Waals surface area (Å²) in [6, 6.07) is 11.7. The van der Waals surface area contributed by atoms with E-state index < -0.39 is 5.97 Å². The van der Waals surface area contributed by atoms with Crippen LogP contribution in [0.3, 0.4) is 0 Å². The van der Waals surface area contributed by atoms with E-state index in [1.807, 2.05) is 36.4 Å². The van der Waals surface area contributed by atoms with E-state index in [9.17, 15) is 9.90 Å². The first kappa shape index (κ1) is 22.1. The van der Waals surface area contributed by atoms with Crippen molar-refractivity contribution < 1.29 is 19.4 Å². The topological polar surface area (TPSA) is 86.5 Å². The fourth-order valence-electron chi connectivity index (χ4n) is 4.42. The molecule has 1 aliphatic carbocycles. The van der Waals surface area contributed by atoms with Gasteiger partial charge in [0.1, 0.15) is 5.82 Å². The van der Waals surface area contributed by atoms with Gasteiger partial charge in [-0.15, -0.1) is 22.0 Å². The van der Waals surface area contributed by atoms with Crippen LogP contribution in [0.1, 0.15) is 64.9 Å². The molecule has 33 heavy (non-hydrogen) atoms. The lowest BCUT2D eigenvalue weighted by molar-refractivity contribution is -0.137. The number of para-hydroxylation sites is 1. The van der Waals surface area contributed by atoms with E-state index in [2.05, 4.69) is 14.8 Å². The van der Waals surface area contributed by atoms with Crippen LogP contribution >= 0.6 is 23.4 Å². The maximum absolute atomic E-state index is 11.5. The minimum absolute atomic E-state index is 0.0440. The number of carboxylic acids is 1. The van der Waals surface area contributed by atoms with E-state index in [4.69, 9.17) is 21.1 Å². The van der Waals surface area contributed by atoms with Crippen molar-refractivity contribution in [1.29, 1.82) is 0 Å². The summed E-state index contributed by atoms with van der Waals surface area (Å²) in [7, 11) is 3.25. The molecule has 9 heteroatoms. The highest BCUT2D eigenvalue weighted by atomic mass is 35.5. The highest BCUT2D eigenvalue weighted by Crippen LogP contribution is 2.55. The average molecular weight is 486 g/mol. The Balaban J connectivity index is 1.73. The van der Waals surface area contributed by atoms with E-state index in [0.29, 0.717) is 28.9 Å². The summed E-state index contributed by atoms with van der Waals surface area (Å²) >= 11 is 8.14. The van der Waals surface area contributed by atoms with Gasteiger partial charge in [-0.25, -0.2) is 0 Å². The number of carbonyl (C=O) groups is 1. The fourth-order valence-corrected chi connectivity index (χ4v) is 6.12. The third kappa shape index (κ3) is 4.06. The average Bonchev–Trinajstić information content (AvgIpc) is 3.59. The van der Waals surface area contributed by atoms with Crippen molar-refractivity contribution in [3.8, 4) is 17.2 Å². The molecule has 2 atom stereocenters. The molecule has 0 amide bonds.